The Kier molecular flexibility index (Phi) is 7.86. The fourth-order valence-electron chi connectivity index (χ4n) is 3.04. The molecule has 6 nitrogen and oxygen atoms in total. The summed E-state index contributed by atoms with van der Waals surface area (Å²) in [6, 6.07) is 12.5. The van der Waals surface area contributed by atoms with Gasteiger partial charge in [-0.05, 0) is 18.2 Å². The Morgan fingerprint density at radius 3 is 2.23 bits per heavy atom. The van der Waals surface area contributed by atoms with Crippen LogP contribution in [-0.2, 0) is 16.1 Å². The molecule has 0 aliphatic carbocycles. The van der Waals surface area contributed by atoms with Crippen molar-refractivity contribution in [1.29, 1.82) is 0 Å². The molecule has 164 valence electrons. The fraction of sp³-hybridized carbons (Fsp3) is 0.227. The Labute approximate surface area is 195 Å². The highest BCUT2D eigenvalue weighted by molar-refractivity contribution is 6.38. The van der Waals surface area contributed by atoms with Gasteiger partial charge in [0.1, 0.15) is 18.1 Å². The second-order valence-corrected chi connectivity index (χ2v) is 7.60. The summed E-state index contributed by atoms with van der Waals surface area (Å²) in [6.07, 6.45) is -0.663. The molecule has 3 rings (SSSR count). The van der Waals surface area contributed by atoms with Crippen LogP contribution >= 0.6 is 34.8 Å². The van der Waals surface area contributed by atoms with Crippen molar-refractivity contribution in [1.82, 2.24) is 4.98 Å². The van der Waals surface area contributed by atoms with Crippen molar-refractivity contribution in [3.05, 3.63) is 68.8 Å². The number of nitrogens with zero attached hydrogens (tertiary/aromatic N) is 1. The van der Waals surface area contributed by atoms with Gasteiger partial charge in [-0.3, -0.25) is 0 Å². The molecule has 0 spiro atoms. The van der Waals surface area contributed by atoms with Gasteiger partial charge in [0.25, 0.3) is 0 Å². The van der Waals surface area contributed by atoms with Gasteiger partial charge in [0.15, 0.2) is 6.29 Å². The molecule has 3 aromatic rings. The van der Waals surface area contributed by atoms with Gasteiger partial charge in [-0.15, -0.1) is 0 Å². The van der Waals surface area contributed by atoms with Crippen LogP contribution in [0.15, 0.2) is 42.5 Å². The smallest absolute Gasteiger partial charge is 0.221 e. The van der Waals surface area contributed by atoms with Crippen molar-refractivity contribution in [2.24, 2.45) is 0 Å². The van der Waals surface area contributed by atoms with E-state index in [9.17, 15) is 0 Å². The van der Waals surface area contributed by atoms with Crippen LogP contribution in [0.25, 0.3) is 11.1 Å². The molecule has 0 saturated carbocycles. The first-order valence-electron chi connectivity index (χ1n) is 9.15. The number of anilines is 1. The van der Waals surface area contributed by atoms with Gasteiger partial charge in [0, 0.05) is 25.3 Å². The summed E-state index contributed by atoms with van der Waals surface area (Å²) in [4.78, 5) is 4.44. The maximum absolute atomic E-state index is 6.60. The molecule has 2 aromatic carbocycles. The van der Waals surface area contributed by atoms with Gasteiger partial charge in [-0.25, -0.2) is 4.98 Å². The standard InChI is InChI=1S/C22H21Cl3N2O4/c1-28-21-14(22(29-2)30-3)10-15(23)17(27-21)11-31-18-9-5-7-13(20(18)25)12-6-4-8-16(26)19(12)24/h4-10,22H,11,26H2,1-3H3. The number of hydrogen-bond acceptors (Lipinski definition) is 6. The quantitative estimate of drug-likeness (QED) is 0.305. The number of nitrogen functional groups attached to an aromatic ring is 1. The lowest BCUT2D eigenvalue weighted by Crippen LogP contribution is -2.09. The molecule has 0 saturated heterocycles. The predicted molar refractivity (Wildman–Crippen MR) is 123 cm³/mol. The Morgan fingerprint density at radius 2 is 1.58 bits per heavy atom. The Balaban J connectivity index is 1.89. The van der Waals surface area contributed by atoms with Gasteiger partial charge in [-0.2, -0.15) is 0 Å². The van der Waals surface area contributed by atoms with E-state index in [1.165, 1.54) is 21.3 Å². The predicted octanol–water partition coefficient (Wildman–Crippen LogP) is 6.17. The molecule has 0 radical (unpaired) electrons. The van der Waals surface area contributed by atoms with Crippen molar-refractivity contribution in [3.8, 4) is 22.8 Å². The second-order valence-electron chi connectivity index (χ2n) is 6.43. The average Bonchev–Trinajstić information content (AvgIpc) is 2.77. The number of benzene rings is 2. The van der Waals surface area contributed by atoms with Crippen molar-refractivity contribution < 1.29 is 18.9 Å². The minimum Gasteiger partial charge on any atom is -0.486 e. The second kappa shape index (κ2) is 10.4. The Bertz CT molecular complexity index is 1070. The number of hydrogen-bond donors (Lipinski definition) is 1. The molecule has 2 N–H and O–H groups in total. The highest BCUT2D eigenvalue weighted by atomic mass is 35.5. The topological polar surface area (TPSA) is 75.8 Å². The first kappa shape index (κ1) is 23.4. The van der Waals surface area contributed by atoms with Gasteiger partial charge in [0.2, 0.25) is 5.88 Å². The summed E-state index contributed by atoms with van der Waals surface area (Å²) < 4.78 is 21.8. The van der Waals surface area contributed by atoms with Gasteiger partial charge < -0.3 is 24.7 Å². The third-order valence-corrected chi connectivity index (χ3v) is 5.70. The van der Waals surface area contributed by atoms with Gasteiger partial charge in [0.05, 0.1) is 33.4 Å². The Morgan fingerprint density at radius 1 is 0.935 bits per heavy atom. The third kappa shape index (κ3) is 5.00. The normalized spacial score (nSPS) is 11.1. The van der Waals surface area contributed by atoms with Crippen LogP contribution in [0, 0.1) is 0 Å². The van der Waals surface area contributed by atoms with Crippen LogP contribution in [0.2, 0.25) is 15.1 Å². The molecule has 0 aliphatic rings. The Hall–Kier alpha value is -2.22. The fourth-order valence-corrected chi connectivity index (χ4v) is 3.76. The zero-order valence-electron chi connectivity index (χ0n) is 17.1. The van der Waals surface area contributed by atoms with Gasteiger partial charge >= 0.3 is 0 Å². The number of halogens is 3. The van der Waals surface area contributed by atoms with E-state index in [1.807, 2.05) is 24.3 Å². The van der Waals surface area contributed by atoms with Crippen LogP contribution in [-0.4, -0.2) is 26.3 Å². The summed E-state index contributed by atoms with van der Waals surface area (Å²) in [7, 11) is 4.53. The van der Waals surface area contributed by atoms with E-state index < -0.39 is 6.29 Å². The maximum atomic E-state index is 6.60. The molecule has 1 aromatic heterocycles. The van der Waals surface area contributed by atoms with Crippen LogP contribution in [0.3, 0.4) is 0 Å². The maximum Gasteiger partial charge on any atom is 0.221 e. The van der Waals surface area contributed by atoms with Crippen LogP contribution in [0.5, 0.6) is 11.6 Å². The number of ether oxygens (including phenoxy) is 4. The minimum atomic E-state index is -0.663. The summed E-state index contributed by atoms with van der Waals surface area (Å²) in [6.45, 7) is 0.0634. The largest absolute Gasteiger partial charge is 0.486 e. The number of aromatic nitrogens is 1. The lowest BCUT2D eigenvalue weighted by molar-refractivity contribution is -0.107. The molecule has 31 heavy (non-hydrogen) atoms. The summed E-state index contributed by atoms with van der Waals surface area (Å²) >= 11 is 19.4. The first-order chi connectivity index (χ1) is 14.9. The summed E-state index contributed by atoms with van der Waals surface area (Å²) in [5.74, 6) is 0.772. The summed E-state index contributed by atoms with van der Waals surface area (Å²) in [5, 5.41) is 1.20. The van der Waals surface area contributed by atoms with E-state index in [4.69, 9.17) is 59.5 Å². The van der Waals surface area contributed by atoms with E-state index >= 15 is 0 Å². The molecule has 0 fully saturated rings. The number of methoxy groups -OCH3 is 3. The van der Waals surface area contributed by atoms with Crippen molar-refractivity contribution in [2.45, 2.75) is 12.9 Å². The van der Waals surface area contributed by atoms with E-state index in [1.54, 1.807) is 18.2 Å². The lowest BCUT2D eigenvalue weighted by Gasteiger charge is -2.18. The molecular weight excluding hydrogens is 463 g/mol. The number of nitrogens with two attached hydrogens (primary N) is 1. The monoisotopic (exact) mass is 482 g/mol. The van der Waals surface area contributed by atoms with E-state index in [-0.39, 0.29) is 6.61 Å². The van der Waals surface area contributed by atoms with Crippen molar-refractivity contribution in [3.63, 3.8) is 0 Å². The highest BCUT2D eigenvalue weighted by Crippen LogP contribution is 2.40. The number of pyridine rings is 1. The van der Waals surface area contributed by atoms with Crippen molar-refractivity contribution >= 4 is 40.5 Å². The molecule has 0 bridgehead atoms. The molecule has 0 unspecified atom stereocenters. The number of rotatable bonds is 8. The van der Waals surface area contributed by atoms with Crippen LogP contribution in [0.1, 0.15) is 17.5 Å². The van der Waals surface area contributed by atoms with E-state index in [0.717, 1.165) is 0 Å². The average molecular weight is 484 g/mol. The van der Waals surface area contributed by atoms with Crippen LogP contribution in [0.4, 0.5) is 5.69 Å². The van der Waals surface area contributed by atoms with Gasteiger partial charge in [-0.1, -0.05) is 59.1 Å². The van der Waals surface area contributed by atoms with E-state index in [2.05, 4.69) is 4.98 Å². The SMILES string of the molecule is COc1nc(COc2cccc(-c3cccc(N)c3Cl)c2Cl)c(Cl)cc1C(OC)OC. The zero-order valence-corrected chi connectivity index (χ0v) is 19.4. The zero-order chi connectivity index (χ0) is 22.5. The molecule has 9 heteroatoms. The van der Waals surface area contributed by atoms with Crippen molar-refractivity contribution in [2.75, 3.05) is 27.1 Å². The third-order valence-electron chi connectivity index (χ3n) is 4.56. The van der Waals surface area contributed by atoms with E-state index in [0.29, 0.717) is 54.8 Å². The molecular formula is C22H21Cl3N2O4. The van der Waals surface area contributed by atoms with Crippen LogP contribution < -0.4 is 15.2 Å². The molecule has 0 aliphatic heterocycles. The molecule has 0 atom stereocenters. The lowest BCUT2D eigenvalue weighted by atomic mass is 10.0. The first-order valence-corrected chi connectivity index (χ1v) is 10.3. The summed E-state index contributed by atoms with van der Waals surface area (Å²) in [5.41, 5.74) is 8.84. The molecule has 1 heterocycles. The minimum absolute atomic E-state index is 0.0634. The highest BCUT2D eigenvalue weighted by Gasteiger charge is 2.20. The molecule has 0 amide bonds.